The summed E-state index contributed by atoms with van der Waals surface area (Å²) < 4.78 is 14.4. The van der Waals surface area contributed by atoms with Crippen LogP contribution in [0.15, 0.2) is 22.7 Å². The first-order chi connectivity index (χ1) is 7.91. The summed E-state index contributed by atoms with van der Waals surface area (Å²) in [6.07, 6.45) is 0.779. The Balaban J connectivity index is 3.17. The molecule has 2 N–H and O–H groups in total. The molecule has 5 heteroatoms. The Morgan fingerprint density at radius 3 is 2.71 bits per heavy atom. The van der Waals surface area contributed by atoms with E-state index < -0.39 is 17.3 Å². The Labute approximate surface area is 108 Å². The summed E-state index contributed by atoms with van der Waals surface area (Å²) in [5.41, 5.74) is -1.26. The minimum atomic E-state index is -1.40. The molecule has 0 aromatic heterocycles. The predicted molar refractivity (Wildman–Crippen MR) is 67.4 cm³/mol. The lowest BCUT2D eigenvalue weighted by atomic mass is 9.91. The lowest BCUT2D eigenvalue weighted by Crippen LogP contribution is -2.47. The molecule has 0 saturated carbocycles. The van der Waals surface area contributed by atoms with Gasteiger partial charge < -0.3 is 5.11 Å². The number of benzene rings is 1. The molecule has 0 radical (unpaired) electrons. The fraction of sp³-hybridized carbons (Fsp3) is 0.417. The highest BCUT2D eigenvalue weighted by atomic mass is 79.9. The van der Waals surface area contributed by atoms with E-state index in [9.17, 15) is 14.3 Å². The average molecular weight is 304 g/mol. The number of carboxylic acids is 1. The van der Waals surface area contributed by atoms with Crippen LogP contribution in [0.1, 0.15) is 25.8 Å². The molecule has 0 bridgehead atoms. The standard InChI is InChI=1S/C12H15BrFNO2/c1-3-6-15-12(2,11(16)17)9-5-4-8(13)7-10(9)14/h4-5,7,15H,3,6H2,1-2H3,(H,16,17). The molecule has 1 aromatic rings. The van der Waals surface area contributed by atoms with E-state index in [-0.39, 0.29) is 5.56 Å². The van der Waals surface area contributed by atoms with Gasteiger partial charge in [-0.3, -0.25) is 5.32 Å². The number of halogens is 2. The molecule has 94 valence electrons. The molecular weight excluding hydrogens is 289 g/mol. The molecule has 17 heavy (non-hydrogen) atoms. The third-order valence-electron chi connectivity index (χ3n) is 2.63. The Bertz CT molecular complexity index is 425. The van der Waals surface area contributed by atoms with E-state index in [1.807, 2.05) is 6.92 Å². The number of hydrogen-bond acceptors (Lipinski definition) is 2. The summed E-state index contributed by atoms with van der Waals surface area (Å²) in [5, 5.41) is 12.1. The van der Waals surface area contributed by atoms with E-state index in [1.54, 1.807) is 6.07 Å². The van der Waals surface area contributed by atoms with E-state index >= 15 is 0 Å². The first-order valence-corrected chi connectivity index (χ1v) is 6.15. The van der Waals surface area contributed by atoms with Gasteiger partial charge >= 0.3 is 5.97 Å². The topological polar surface area (TPSA) is 49.3 Å². The van der Waals surface area contributed by atoms with Gasteiger partial charge in [0.05, 0.1) is 0 Å². The number of nitrogens with one attached hydrogen (secondary N) is 1. The van der Waals surface area contributed by atoms with Crippen molar-refractivity contribution in [3.63, 3.8) is 0 Å². The van der Waals surface area contributed by atoms with E-state index in [4.69, 9.17) is 0 Å². The van der Waals surface area contributed by atoms with Crippen molar-refractivity contribution in [1.29, 1.82) is 0 Å². The highest BCUT2D eigenvalue weighted by Gasteiger charge is 2.36. The first kappa shape index (κ1) is 14.1. The highest BCUT2D eigenvalue weighted by molar-refractivity contribution is 9.10. The quantitative estimate of drug-likeness (QED) is 0.879. The number of rotatable bonds is 5. The maximum absolute atomic E-state index is 13.8. The van der Waals surface area contributed by atoms with Crippen LogP contribution in [0.3, 0.4) is 0 Å². The molecule has 0 aliphatic rings. The maximum atomic E-state index is 13.8. The third kappa shape index (κ3) is 3.04. The minimum Gasteiger partial charge on any atom is -0.480 e. The van der Waals surface area contributed by atoms with Crippen LogP contribution < -0.4 is 5.32 Å². The van der Waals surface area contributed by atoms with Crippen molar-refractivity contribution in [3.05, 3.63) is 34.1 Å². The molecule has 3 nitrogen and oxygen atoms in total. The zero-order chi connectivity index (χ0) is 13.1. The van der Waals surface area contributed by atoms with Gasteiger partial charge in [0.15, 0.2) is 0 Å². The second-order valence-corrected chi connectivity index (χ2v) is 4.90. The first-order valence-electron chi connectivity index (χ1n) is 5.35. The number of carbonyl (C=O) groups is 1. The normalized spacial score (nSPS) is 14.4. The summed E-state index contributed by atoms with van der Waals surface area (Å²) in [6.45, 7) is 3.91. The van der Waals surface area contributed by atoms with Crippen molar-refractivity contribution >= 4 is 21.9 Å². The monoisotopic (exact) mass is 303 g/mol. The minimum absolute atomic E-state index is 0.140. The molecule has 0 amide bonds. The van der Waals surface area contributed by atoms with Crippen molar-refractivity contribution in [2.75, 3.05) is 6.54 Å². The molecular formula is C12H15BrFNO2. The molecule has 1 aromatic carbocycles. The molecule has 0 aliphatic carbocycles. The van der Waals surface area contributed by atoms with Gasteiger partial charge in [-0.25, -0.2) is 9.18 Å². The largest absolute Gasteiger partial charge is 0.480 e. The Morgan fingerprint density at radius 2 is 2.24 bits per heavy atom. The van der Waals surface area contributed by atoms with Gasteiger partial charge in [0.25, 0.3) is 0 Å². The fourth-order valence-electron chi connectivity index (χ4n) is 1.56. The van der Waals surface area contributed by atoms with Gasteiger partial charge in [0.2, 0.25) is 0 Å². The summed E-state index contributed by atoms with van der Waals surface area (Å²) >= 11 is 3.14. The summed E-state index contributed by atoms with van der Waals surface area (Å²) in [6, 6.07) is 4.38. The number of hydrogen-bond donors (Lipinski definition) is 2. The van der Waals surface area contributed by atoms with Crippen LogP contribution in [-0.4, -0.2) is 17.6 Å². The zero-order valence-corrected chi connectivity index (χ0v) is 11.3. The summed E-state index contributed by atoms with van der Waals surface area (Å²) in [7, 11) is 0. The van der Waals surface area contributed by atoms with Crippen molar-refractivity contribution in [1.82, 2.24) is 5.32 Å². The van der Waals surface area contributed by atoms with Crippen molar-refractivity contribution in [2.24, 2.45) is 0 Å². The summed E-state index contributed by atoms with van der Waals surface area (Å²) in [5.74, 6) is -1.62. The lowest BCUT2D eigenvalue weighted by Gasteiger charge is -2.27. The van der Waals surface area contributed by atoms with Crippen LogP contribution >= 0.6 is 15.9 Å². The summed E-state index contributed by atoms with van der Waals surface area (Å²) in [4.78, 5) is 11.3. The Morgan fingerprint density at radius 1 is 1.59 bits per heavy atom. The second kappa shape index (κ2) is 5.60. The SMILES string of the molecule is CCCNC(C)(C(=O)O)c1ccc(Br)cc1F. The fourth-order valence-corrected chi connectivity index (χ4v) is 1.89. The van der Waals surface area contributed by atoms with E-state index in [1.165, 1.54) is 19.1 Å². The molecule has 0 spiro atoms. The smallest absolute Gasteiger partial charge is 0.328 e. The molecule has 0 fully saturated rings. The van der Waals surface area contributed by atoms with Crippen LogP contribution in [0.4, 0.5) is 4.39 Å². The molecule has 0 saturated heterocycles. The van der Waals surface area contributed by atoms with Crippen LogP contribution in [0, 0.1) is 5.82 Å². The molecule has 0 heterocycles. The van der Waals surface area contributed by atoms with Gasteiger partial charge in [-0.15, -0.1) is 0 Å². The molecule has 0 aliphatic heterocycles. The van der Waals surface area contributed by atoms with Crippen LogP contribution in [-0.2, 0) is 10.3 Å². The molecule has 1 atom stereocenters. The predicted octanol–water partition coefficient (Wildman–Crippen LogP) is 2.89. The van der Waals surface area contributed by atoms with Crippen LogP contribution in [0.2, 0.25) is 0 Å². The van der Waals surface area contributed by atoms with Crippen molar-refractivity contribution < 1.29 is 14.3 Å². The van der Waals surface area contributed by atoms with Gasteiger partial charge in [-0.1, -0.05) is 28.9 Å². The average Bonchev–Trinajstić information content (AvgIpc) is 2.25. The van der Waals surface area contributed by atoms with Gasteiger partial charge in [0, 0.05) is 10.0 Å². The second-order valence-electron chi connectivity index (χ2n) is 3.98. The van der Waals surface area contributed by atoms with Crippen LogP contribution in [0.5, 0.6) is 0 Å². The lowest BCUT2D eigenvalue weighted by molar-refractivity contribution is -0.144. The Hall–Kier alpha value is -0.940. The molecule has 1 unspecified atom stereocenters. The zero-order valence-electron chi connectivity index (χ0n) is 9.76. The third-order valence-corrected chi connectivity index (χ3v) is 3.12. The number of carboxylic acid groups (broad SMARTS) is 1. The van der Waals surface area contributed by atoms with Gasteiger partial charge in [-0.2, -0.15) is 0 Å². The maximum Gasteiger partial charge on any atom is 0.328 e. The van der Waals surface area contributed by atoms with Gasteiger partial charge in [0.1, 0.15) is 11.4 Å². The van der Waals surface area contributed by atoms with Crippen LogP contribution in [0.25, 0.3) is 0 Å². The molecule has 1 rings (SSSR count). The highest BCUT2D eigenvalue weighted by Crippen LogP contribution is 2.26. The Kier molecular flexibility index (Phi) is 4.65. The van der Waals surface area contributed by atoms with Crippen molar-refractivity contribution in [3.8, 4) is 0 Å². The van der Waals surface area contributed by atoms with E-state index in [0.717, 1.165) is 6.42 Å². The van der Waals surface area contributed by atoms with E-state index in [2.05, 4.69) is 21.2 Å². The number of aliphatic carboxylic acids is 1. The van der Waals surface area contributed by atoms with Crippen molar-refractivity contribution in [2.45, 2.75) is 25.8 Å². The van der Waals surface area contributed by atoms with E-state index in [0.29, 0.717) is 11.0 Å². The van der Waals surface area contributed by atoms with Gasteiger partial charge in [-0.05, 0) is 32.0 Å².